The number of carbonyl (C=O) groups is 2. The van der Waals surface area contributed by atoms with Crippen LogP contribution in [-0.4, -0.2) is 34.9 Å². The lowest BCUT2D eigenvalue weighted by Gasteiger charge is -2.23. The van der Waals surface area contributed by atoms with Crippen molar-refractivity contribution in [2.75, 3.05) is 13.2 Å². The van der Waals surface area contributed by atoms with E-state index in [4.69, 9.17) is 16.3 Å². The molecule has 0 aliphatic carbocycles. The molecule has 1 aromatic heterocycles. The van der Waals surface area contributed by atoms with Gasteiger partial charge in [-0.15, -0.1) is 0 Å². The molecule has 0 atom stereocenters. The molecule has 0 bridgehead atoms. The van der Waals surface area contributed by atoms with Gasteiger partial charge in [0, 0.05) is 12.7 Å². The topological polar surface area (TPSA) is 59.5 Å². The number of benzene rings is 1. The van der Waals surface area contributed by atoms with Gasteiger partial charge in [0.25, 0.3) is 5.91 Å². The van der Waals surface area contributed by atoms with Crippen LogP contribution < -0.4 is 0 Å². The minimum atomic E-state index is -0.709. The summed E-state index contributed by atoms with van der Waals surface area (Å²) >= 11 is 5.99. The van der Waals surface area contributed by atoms with E-state index >= 15 is 0 Å². The van der Waals surface area contributed by atoms with Gasteiger partial charge in [0.2, 0.25) is 0 Å². The summed E-state index contributed by atoms with van der Waals surface area (Å²) < 4.78 is 19.0. The highest BCUT2D eigenvalue weighted by Crippen LogP contribution is 2.21. The summed E-state index contributed by atoms with van der Waals surface area (Å²) in [6.45, 7) is 2.16. The average molecular weight is 365 g/mol. The van der Waals surface area contributed by atoms with Gasteiger partial charge in [0.05, 0.1) is 35.9 Å². The van der Waals surface area contributed by atoms with E-state index in [1.807, 2.05) is 0 Å². The molecule has 5 nitrogen and oxygen atoms in total. The predicted molar refractivity (Wildman–Crippen MR) is 91.6 cm³/mol. The summed E-state index contributed by atoms with van der Waals surface area (Å²) in [6, 6.07) is 9.32. The molecule has 7 heteroatoms. The zero-order valence-corrected chi connectivity index (χ0v) is 14.5. The Balaban J connectivity index is 2.23. The number of rotatable bonds is 7. The number of carbonyl (C=O) groups excluding carboxylic acids is 2. The third kappa shape index (κ3) is 5.26. The van der Waals surface area contributed by atoms with Crippen LogP contribution in [0.4, 0.5) is 4.39 Å². The van der Waals surface area contributed by atoms with Crippen LogP contribution in [0.2, 0.25) is 5.02 Å². The Hall–Kier alpha value is -2.47. The Bertz CT molecular complexity index is 720. The second kappa shape index (κ2) is 9.13. The van der Waals surface area contributed by atoms with E-state index in [1.54, 1.807) is 31.3 Å². The molecule has 0 fully saturated rings. The summed E-state index contributed by atoms with van der Waals surface area (Å²) in [5.74, 6) is -1.74. The zero-order valence-electron chi connectivity index (χ0n) is 13.7. The highest BCUT2D eigenvalue weighted by Gasteiger charge is 2.23. The molecule has 0 aliphatic heterocycles. The third-order valence-electron chi connectivity index (χ3n) is 3.43. The Kier molecular flexibility index (Phi) is 6.89. The molecule has 1 heterocycles. The maximum atomic E-state index is 14.1. The van der Waals surface area contributed by atoms with Gasteiger partial charge in [-0.25, -0.2) is 4.39 Å². The van der Waals surface area contributed by atoms with Crippen molar-refractivity contribution in [2.24, 2.45) is 0 Å². The van der Waals surface area contributed by atoms with Crippen LogP contribution >= 0.6 is 11.6 Å². The number of esters is 1. The average Bonchev–Trinajstić information content (AvgIpc) is 2.59. The predicted octanol–water partition coefficient (Wildman–Crippen LogP) is 3.47. The molecule has 2 rings (SSSR count). The van der Waals surface area contributed by atoms with Gasteiger partial charge in [-0.3, -0.25) is 14.6 Å². The fourth-order valence-electron chi connectivity index (χ4n) is 2.26. The van der Waals surface area contributed by atoms with Crippen molar-refractivity contribution in [3.8, 4) is 0 Å². The van der Waals surface area contributed by atoms with Crippen molar-refractivity contribution < 1.29 is 18.7 Å². The molecule has 0 aliphatic rings. The van der Waals surface area contributed by atoms with Crippen LogP contribution in [0, 0.1) is 5.82 Å². The minimum Gasteiger partial charge on any atom is -0.466 e. The number of amides is 1. The van der Waals surface area contributed by atoms with Gasteiger partial charge in [-0.05, 0) is 31.2 Å². The molecule has 0 saturated carbocycles. The Morgan fingerprint density at radius 1 is 1.24 bits per heavy atom. The maximum Gasteiger partial charge on any atom is 0.307 e. The molecule has 0 N–H and O–H groups in total. The smallest absolute Gasteiger partial charge is 0.307 e. The maximum absolute atomic E-state index is 14.1. The number of nitrogens with zero attached hydrogens (tertiary/aromatic N) is 2. The molecule has 1 amide bonds. The molecule has 0 radical (unpaired) electrons. The summed E-state index contributed by atoms with van der Waals surface area (Å²) in [6.07, 6.45) is 1.60. The zero-order chi connectivity index (χ0) is 18.2. The lowest BCUT2D eigenvalue weighted by Crippen LogP contribution is -2.34. The lowest BCUT2D eigenvalue weighted by atomic mass is 10.1. The Morgan fingerprint density at radius 2 is 2.04 bits per heavy atom. The van der Waals surface area contributed by atoms with Crippen molar-refractivity contribution in [3.63, 3.8) is 0 Å². The normalized spacial score (nSPS) is 10.4. The van der Waals surface area contributed by atoms with Crippen LogP contribution in [0.3, 0.4) is 0 Å². The first kappa shape index (κ1) is 18.9. The van der Waals surface area contributed by atoms with Gasteiger partial charge in [-0.1, -0.05) is 23.7 Å². The number of ether oxygens (including phenoxy) is 1. The van der Waals surface area contributed by atoms with Crippen LogP contribution in [-0.2, 0) is 16.1 Å². The fraction of sp³-hybridized carbons (Fsp3) is 0.278. The van der Waals surface area contributed by atoms with E-state index in [9.17, 15) is 14.0 Å². The van der Waals surface area contributed by atoms with Crippen molar-refractivity contribution in [3.05, 3.63) is 64.7 Å². The highest BCUT2D eigenvalue weighted by atomic mass is 35.5. The van der Waals surface area contributed by atoms with Gasteiger partial charge in [0.15, 0.2) is 0 Å². The molecule has 132 valence electrons. The van der Waals surface area contributed by atoms with Gasteiger partial charge in [-0.2, -0.15) is 0 Å². The highest BCUT2D eigenvalue weighted by molar-refractivity contribution is 6.33. The fourth-order valence-corrected chi connectivity index (χ4v) is 2.50. The van der Waals surface area contributed by atoms with E-state index in [0.29, 0.717) is 5.69 Å². The number of hydrogen-bond donors (Lipinski definition) is 0. The van der Waals surface area contributed by atoms with Crippen molar-refractivity contribution in [1.82, 2.24) is 9.88 Å². The number of pyridine rings is 1. The quantitative estimate of drug-likeness (QED) is 0.706. The van der Waals surface area contributed by atoms with Crippen molar-refractivity contribution in [1.29, 1.82) is 0 Å². The number of aromatic nitrogens is 1. The van der Waals surface area contributed by atoms with Crippen LogP contribution in [0.1, 0.15) is 29.4 Å². The molecule has 1 aromatic carbocycles. The monoisotopic (exact) mass is 364 g/mol. The molecule has 2 aromatic rings. The van der Waals surface area contributed by atoms with E-state index in [2.05, 4.69) is 4.98 Å². The minimum absolute atomic E-state index is 0.00150. The largest absolute Gasteiger partial charge is 0.466 e. The van der Waals surface area contributed by atoms with E-state index in [-0.39, 0.29) is 36.7 Å². The number of hydrogen-bond acceptors (Lipinski definition) is 4. The van der Waals surface area contributed by atoms with Gasteiger partial charge < -0.3 is 9.64 Å². The molecular weight excluding hydrogens is 347 g/mol. The Morgan fingerprint density at radius 3 is 2.68 bits per heavy atom. The molecular formula is C18H18ClFN2O3. The van der Waals surface area contributed by atoms with Gasteiger partial charge >= 0.3 is 5.97 Å². The first-order valence-corrected chi connectivity index (χ1v) is 8.19. The van der Waals surface area contributed by atoms with E-state index in [0.717, 1.165) is 0 Å². The molecule has 0 spiro atoms. The summed E-state index contributed by atoms with van der Waals surface area (Å²) in [5.41, 5.74) is 0.399. The molecule has 0 saturated heterocycles. The summed E-state index contributed by atoms with van der Waals surface area (Å²) in [4.78, 5) is 29.9. The number of halogens is 2. The SMILES string of the molecule is CCOC(=O)CCN(Cc1ccccn1)C(=O)c1c(F)cccc1Cl. The molecule has 25 heavy (non-hydrogen) atoms. The van der Waals surface area contributed by atoms with Crippen LogP contribution in [0.25, 0.3) is 0 Å². The molecule has 0 unspecified atom stereocenters. The second-order valence-corrected chi connectivity index (χ2v) is 5.61. The summed E-state index contributed by atoms with van der Waals surface area (Å²) in [5, 5.41) is 0.0205. The second-order valence-electron chi connectivity index (χ2n) is 5.20. The van der Waals surface area contributed by atoms with E-state index in [1.165, 1.54) is 23.1 Å². The third-order valence-corrected chi connectivity index (χ3v) is 3.75. The van der Waals surface area contributed by atoms with Crippen molar-refractivity contribution >= 4 is 23.5 Å². The standard InChI is InChI=1S/C18H18ClFN2O3/c1-2-25-16(23)9-11-22(12-13-6-3-4-10-21-13)18(24)17-14(19)7-5-8-15(17)20/h3-8,10H,2,9,11-12H2,1H3. The summed E-state index contributed by atoms with van der Waals surface area (Å²) in [7, 11) is 0. The van der Waals surface area contributed by atoms with Gasteiger partial charge in [0.1, 0.15) is 5.82 Å². The lowest BCUT2D eigenvalue weighted by molar-refractivity contribution is -0.143. The first-order valence-electron chi connectivity index (χ1n) is 7.81. The van der Waals surface area contributed by atoms with Crippen LogP contribution in [0.5, 0.6) is 0 Å². The van der Waals surface area contributed by atoms with Crippen LogP contribution in [0.15, 0.2) is 42.6 Å². The van der Waals surface area contributed by atoms with E-state index < -0.39 is 17.7 Å². The first-order chi connectivity index (χ1) is 12.0. The Labute approximate surface area is 150 Å². The van der Waals surface area contributed by atoms with Crippen molar-refractivity contribution in [2.45, 2.75) is 19.9 Å².